The Morgan fingerprint density at radius 3 is 2.77 bits per heavy atom. The molecule has 118 valence electrons. The van der Waals surface area contributed by atoms with Crippen LogP contribution in [0, 0.1) is 5.82 Å². The SMILES string of the molecule is NCC1CN(c2ccc(N3CCOCC3=O)cc2F)C(=O)O1. The number of hydrogen-bond acceptors (Lipinski definition) is 5. The first kappa shape index (κ1) is 14.7. The lowest BCUT2D eigenvalue weighted by molar-refractivity contribution is -0.125. The van der Waals surface area contributed by atoms with Crippen molar-refractivity contribution in [3.8, 4) is 0 Å². The number of morpholine rings is 1. The molecule has 1 unspecified atom stereocenters. The summed E-state index contributed by atoms with van der Waals surface area (Å²) in [5.74, 6) is -0.811. The number of amides is 2. The van der Waals surface area contributed by atoms with Crippen molar-refractivity contribution in [2.45, 2.75) is 6.10 Å². The largest absolute Gasteiger partial charge is 0.443 e. The molecule has 1 aromatic rings. The second-order valence-corrected chi connectivity index (χ2v) is 5.09. The molecule has 1 atom stereocenters. The second-order valence-electron chi connectivity index (χ2n) is 5.09. The van der Waals surface area contributed by atoms with E-state index in [2.05, 4.69) is 0 Å². The maximum atomic E-state index is 14.3. The molecule has 2 N–H and O–H groups in total. The summed E-state index contributed by atoms with van der Waals surface area (Å²) in [6, 6.07) is 4.31. The van der Waals surface area contributed by atoms with Gasteiger partial charge in [0.1, 0.15) is 18.5 Å². The first-order valence-electron chi connectivity index (χ1n) is 6.96. The highest BCUT2D eigenvalue weighted by atomic mass is 19.1. The lowest BCUT2D eigenvalue weighted by Gasteiger charge is -2.27. The minimum Gasteiger partial charge on any atom is -0.443 e. The van der Waals surface area contributed by atoms with Crippen LogP contribution in [0.2, 0.25) is 0 Å². The third-order valence-corrected chi connectivity index (χ3v) is 3.66. The molecule has 0 spiro atoms. The lowest BCUT2D eigenvalue weighted by Crippen LogP contribution is -2.41. The van der Waals surface area contributed by atoms with Gasteiger partial charge in [-0.2, -0.15) is 0 Å². The minimum absolute atomic E-state index is 0.0139. The van der Waals surface area contributed by atoms with Gasteiger partial charge in [0.25, 0.3) is 5.91 Å². The normalized spacial score (nSPS) is 22.2. The molecule has 2 aliphatic heterocycles. The van der Waals surface area contributed by atoms with Crippen LogP contribution in [0.5, 0.6) is 0 Å². The predicted molar refractivity (Wildman–Crippen MR) is 76.2 cm³/mol. The monoisotopic (exact) mass is 309 g/mol. The fraction of sp³-hybridized carbons (Fsp3) is 0.429. The van der Waals surface area contributed by atoms with E-state index in [9.17, 15) is 14.0 Å². The fourth-order valence-electron chi connectivity index (χ4n) is 2.51. The van der Waals surface area contributed by atoms with Crippen LogP contribution >= 0.6 is 0 Å². The van der Waals surface area contributed by atoms with E-state index < -0.39 is 18.0 Å². The number of benzene rings is 1. The average Bonchev–Trinajstić information content (AvgIpc) is 2.89. The summed E-state index contributed by atoms with van der Waals surface area (Å²) in [6.07, 6.45) is -1.06. The third-order valence-electron chi connectivity index (χ3n) is 3.66. The van der Waals surface area contributed by atoms with E-state index in [1.807, 2.05) is 0 Å². The van der Waals surface area contributed by atoms with Crippen molar-refractivity contribution >= 4 is 23.4 Å². The summed E-state index contributed by atoms with van der Waals surface area (Å²) in [6.45, 7) is 1.16. The lowest BCUT2D eigenvalue weighted by atomic mass is 10.2. The topological polar surface area (TPSA) is 85.1 Å². The van der Waals surface area contributed by atoms with Gasteiger partial charge >= 0.3 is 6.09 Å². The molecule has 0 aromatic heterocycles. The highest BCUT2D eigenvalue weighted by molar-refractivity contribution is 5.95. The van der Waals surface area contributed by atoms with Gasteiger partial charge in [-0.1, -0.05) is 0 Å². The van der Waals surface area contributed by atoms with Gasteiger partial charge in [-0.3, -0.25) is 9.69 Å². The Morgan fingerprint density at radius 2 is 2.14 bits per heavy atom. The summed E-state index contributed by atoms with van der Waals surface area (Å²) >= 11 is 0. The predicted octanol–water partition coefficient (Wildman–Crippen LogP) is 0.473. The van der Waals surface area contributed by atoms with Crippen molar-refractivity contribution in [3.63, 3.8) is 0 Å². The number of ether oxygens (including phenoxy) is 2. The molecule has 3 rings (SSSR count). The number of anilines is 2. The molecule has 2 saturated heterocycles. The Labute approximate surface area is 126 Å². The molecular weight excluding hydrogens is 293 g/mol. The highest BCUT2D eigenvalue weighted by Crippen LogP contribution is 2.28. The quantitative estimate of drug-likeness (QED) is 0.877. The van der Waals surface area contributed by atoms with E-state index in [0.717, 1.165) is 0 Å². The molecular formula is C14H16FN3O4. The Hall–Kier alpha value is -2.19. The van der Waals surface area contributed by atoms with Crippen molar-refractivity contribution in [2.75, 3.05) is 42.6 Å². The van der Waals surface area contributed by atoms with Gasteiger partial charge < -0.3 is 20.1 Å². The van der Waals surface area contributed by atoms with E-state index in [0.29, 0.717) is 18.8 Å². The molecule has 0 bridgehead atoms. The number of nitrogens with two attached hydrogens (primary N) is 1. The summed E-state index contributed by atoms with van der Waals surface area (Å²) in [4.78, 5) is 26.2. The number of carbonyl (C=O) groups is 2. The van der Waals surface area contributed by atoms with Crippen LogP contribution in [0.1, 0.15) is 0 Å². The maximum absolute atomic E-state index is 14.3. The van der Waals surface area contributed by atoms with Gasteiger partial charge in [-0.25, -0.2) is 9.18 Å². The van der Waals surface area contributed by atoms with Crippen molar-refractivity contribution in [1.29, 1.82) is 0 Å². The van der Waals surface area contributed by atoms with Crippen molar-refractivity contribution in [3.05, 3.63) is 24.0 Å². The van der Waals surface area contributed by atoms with Gasteiger partial charge in [0.2, 0.25) is 0 Å². The zero-order chi connectivity index (χ0) is 15.7. The number of carbonyl (C=O) groups excluding carboxylic acids is 2. The molecule has 2 amide bonds. The van der Waals surface area contributed by atoms with E-state index in [1.54, 1.807) is 6.07 Å². The van der Waals surface area contributed by atoms with Gasteiger partial charge in [0.05, 0.1) is 18.8 Å². The van der Waals surface area contributed by atoms with Crippen LogP contribution in [-0.4, -0.2) is 51.0 Å². The molecule has 7 nitrogen and oxygen atoms in total. The summed E-state index contributed by atoms with van der Waals surface area (Å²) < 4.78 is 24.4. The number of rotatable bonds is 3. The number of cyclic esters (lactones) is 1. The van der Waals surface area contributed by atoms with Crippen LogP contribution in [0.15, 0.2) is 18.2 Å². The minimum atomic E-state index is -0.621. The zero-order valence-electron chi connectivity index (χ0n) is 11.8. The van der Waals surface area contributed by atoms with Crippen LogP contribution in [0.3, 0.4) is 0 Å². The Kier molecular flexibility index (Phi) is 3.95. The molecule has 0 aliphatic carbocycles. The van der Waals surface area contributed by atoms with Gasteiger partial charge in [-0.15, -0.1) is 0 Å². The molecule has 22 heavy (non-hydrogen) atoms. The molecule has 0 radical (unpaired) electrons. The first-order valence-corrected chi connectivity index (χ1v) is 6.96. The van der Waals surface area contributed by atoms with Crippen molar-refractivity contribution in [2.24, 2.45) is 5.73 Å². The van der Waals surface area contributed by atoms with Crippen LogP contribution in [-0.2, 0) is 14.3 Å². The molecule has 8 heteroatoms. The highest BCUT2D eigenvalue weighted by Gasteiger charge is 2.33. The average molecular weight is 309 g/mol. The van der Waals surface area contributed by atoms with Gasteiger partial charge in [-0.05, 0) is 18.2 Å². The van der Waals surface area contributed by atoms with E-state index in [4.69, 9.17) is 15.2 Å². The van der Waals surface area contributed by atoms with E-state index in [-0.39, 0.29) is 31.3 Å². The van der Waals surface area contributed by atoms with Gasteiger partial charge in [0, 0.05) is 18.8 Å². The molecule has 0 saturated carbocycles. The zero-order valence-corrected chi connectivity index (χ0v) is 11.8. The van der Waals surface area contributed by atoms with Crippen molar-refractivity contribution in [1.82, 2.24) is 0 Å². The molecule has 2 fully saturated rings. The van der Waals surface area contributed by atoms with Crippen LogP contribution < -0.4 is 15.5 Å². The third kappa shape index (κ3) is 2.62. The standard InChI is InChI=1S/C14H16FN3O4/c15-11-5-9(17-3-4-21-8-13(17)19)1-2-12(11)18-7-10(6-16)22-14(18)20/h1-2,5,10H,3-4,6-8,16H2. The maximum Gasteiger partial charge on any atom is 0.414 e. The van der Waals surface area contributed by atoms with Gasteiger partial charge in [0.15, 0.2) is 0 Å². The first-order chi connectivity index (χ1) is 10.6. The fourth-order valence-corrected chi connectivity index (χ4v) is 2.51. The Bertz CT molecular complexity index is 610. The number of nitrogens with zero attached hydrogens (tertiary/aromatic N) is 2. The van der Waals surface area contributed by atoms with Crippen LogP contribution in [0.4, 0.5) is 20.6 Å². The summed E-state index contributed by atoms with van der Waals surface area (Å²) in [5, 5.41) is 0. The van der Waals surface area contributed by atoms with E-state index in [1.165, 1.54) is 21.9 Å². The number of hydrogen-bond donors (Lipinski definition) is 1. The summed E-state index contributed by atoms with van der Waals surface area (Å²) in [5.41, 5.74) is 6.02. The summed E-state index contributed by atoms with van der Waals surface area (Å²) in [7, 11) is 0. The smallest absolute Gasteiger partial charge is 0.414 e. The second kappa shape index (κ2) is 5.90. The molecule has 2 aliphatic rings. The molecule has 1 aromatic carbocycles. The van der Waals surface area contributed by atoms with Crippen LogP contribution in [0.25, 0.3) is 0 Å². The van der Waals surface area contributed by atoms with Crippen molar-refractivity contribution < 1.29 is 23.5 Å². The Balaban J connectivity index is 1.83. The van der Waals surface area contributed by atoms with E-state index >= 15 is 0 Å². The Morgan fingerprint density at radius 1 is 1.32 bits per heavy atom. The molecule has 2 heterocycles. The number of halogens is 1.